The molecule has 0 saturated carbocycles. The number of hydrogen-bond donors (Lipinski definition) is 2. The normalized spacial score (nSPS) is 12.8. The summed E-state index contributed by atoms with van der Waals surface area (Å²) in [5, 5.41) is 28.2. The Morgan fingerprint density at radius 2 is 1.92 bits per heavy atom. The van der Waals surface area contributed by atoms with E-state index in [1.807, 2.05) is 6.92 Å². The summed E-state index contributed by atoms with van der Waals surface area (Å²) >= 11 is 1.10. The summed E-state index contributed by atoms with van der Waals surface area (Å²) in [5.41, 5.74) is -1.75. The highest BCUT2D eigenvalue weighted by Gasteiger charge is 2.36. The highest BCUT2D eigenvalue weighted by atomic mass is 32.1. The number of carbonyl (C=O) groups is 1. The van der Waals surface area contributed by atoms with Crippen LogP contribution >= 0.6 is 11.3 Å². The minimum Gasteiger partial charge on any atom is -0.480 e. The zero-order valence-electron chi connectivity index (χ0n) is 21.3. The Kier molecular flexibility index (Phi) is 7.63. The van der Waals surface area contributed by atoms with Crippen LogP contribution in [-0.2, 0) is 28.0 Å². The Bertz CT molecular complexity index is 1610. The molecule has 4 aromatic rings. The number of aliphatic hydroxyl groups excluding tert-OH is 1. The van der Waals surface area contributed by atoms with Crippen LogP contribution in [0.15, 0.2) is 40.2 Å². The number of aliphatic carboxylic acids is 1. The zero-order valence-corrected chi connectivity index (χ0v) is 22.2. The first-order valence-corrected chi connectivity index (χ1v) is 12.7. The number of ether oxygens (including phenoxy) is 1. The molecule has 4 rings (SSSR count). The summed E-state index contributed by atoms with van der Waals surface area (Å²) < 4.78 is 22.2. The number of halogens is 1. The maximum Gasteiger partial charge on any atom is 0.333 e. The van der Waals surface area contributed by atoms with Gasteiger partial charge < -0.3 is 14.9 Å². The first kappa shape index (κ1) is 27.4. The van der Waals surface area contributed by atoms with Gasteiger partial charge in [-0.05, 0) is 50.5 Å². The molecule has 0 amide bonds. The van der Waals surface area contributed by atoms with E-state index >= 15 is 0 Å². The van der Waals surface area contributed by atoms with Crippen molar-refractivity contribution >= 4 is 27.5 Å². The number of benzene rings is 1. The van der Waals surface area contributed by atoms with Crippen LogP contribution in [0.1, 0.15) is 43.6 Å². The highest BCUT2D eigenvalue weighted by Crippen LogP contribution is 2.33. The SMILES string of the molecule is CCc1ccc(F)cc1[C@H](Cn1c(=O)n(C(C)(C)C(=O)O)c(=O)c2c(C)c(-n3nccn3)sc21)OCCO. The molecule has 0 aliphatic heterocycles. The van der Waals surface area contributed by atoms with Gasteiger partial charge in [0.1, 0.15) is 27.3 Å². The lowest BCUT2D eigenvalue weighted by Gasteiger charge is -2.26. The molecular weight excluding hydrogens is 517 g/mol. The van der Waals surface area contributed by atoms with Crippen LogP contribution < -0.4 is 11.2 Å². The third-order valence-corrected chi connectivity index (χ3v) is 7.75. The predicted molar refractivity (Wildman–Crippen MR) is 139 cm³/mol. The molecule has 0 fully saturated rings. The van der Waals surface area contributed by atoms with Gasteiger partial charge in [0.15, 0.2) is 0 Å². The molecule has 3 heterocycles. The van der Waals surface area contributed by atoms with Gasteiger partial charge in [-0.1, -0.05) is 24.3 Å². The van der Waals surface area contributed by atoms with Gasteiger partial charge in [0.2, 0.25) is 0 Å². The molecule has 0 saturated heterocycles. The van der Waals surface area contributed by atoms with E-state index < -0.39 is 34.7 Å². The topological polar surface area (TPSA) is 141 Å². The average Bonchev–Trinajstić information content (AvgIpc) is 3.51. The van der Waals surface area contributed by atoms with E-state index in [9.17, 15) is 29.0 Å². The molecule has 0 unspecified atom stereocenters. The average molecular weight is 546 g/mol. The second-order valence-electron chi connectivity index (χ2n) is 9.21. The number of aromatic nitrogens is 5. The molecule has 11 nitrogen and oxygen atoms in total. The van der Waals surface area contributed by atoms with Gasteiger partial charge in [-0.3, -0.25) is 9.36 Å². The van der Waals surface area contributed by atoms with Crippen LogP contribution in [0.25, 0.3) is 15.2 Å². The van der Waals surface area contributed by atoms with Crippen molar-refractivity contribution in [1.82, 2.24) is 24.1 Å². The van der Waals surface area contributed by atoms with Gasteiger partial charge in [-0.2, -0.15) is 10.2 Å². The summed E-state index contributed by atoms with van der Waals surface area (Å²) in [6.07, 6.45) is 2.61. The molecule has 13 heteroatoms. The van der Waals surface area contributed by atoms with Crippen LogP contribution in [0.5, 0.6) is 0 Å². The lowest BCUT2D eigenvalue weighted by atomic mass is 9.99. The van der Waals surface area contributed by atoms with Gasteiger partial charge in [0, 0.05) is 5.56 Å². The summed E-state index contributed by atoms with van der Waals surface area (Å²) in [4.78, 5) is 41.3. The number of hydrogen-bond acceptors (Lipinski definition) is 8. The van der Waals surface area contributed by atoms with E-state index in [0.717, 1.165) is 16.9 Å². The fraction of sp³-hybridized carbons (Fsp3) is 0.400. The van der Waals surface area contributed by atoms with Crippen molar-refractivity contribution in [2.24, 2.45) is 0 Å². The minimum absolute atomic E-state index is 0.0889. The van der Waals surface area contributed by atoms with Crippen molar-refractivity contribution in [3.8, 4) is 5.00 Å². The fourth-order valence-electron chi connectivity index (χ4n) is 4.38. The highest BCUT2D eigenvalue weighted by molar-refractivity contribution is 7.21. The van der Waals surface area contributed by atoms with Crippen molar-refractivity contribution in [2.75, 3.05) is 13.2 Å². The number of rotatable bonds is 10. The molecular formula is C25H28FN5O6S. The molecule has 38 heavy (non-hydrogen) atoms. The molecule has 0 bridgehead atoms. The van der Waals surface area contributed by atoms with Crippen molar-refractivity contribution in [3.05, 3.63) is 73.9 Å². The lowest BCUT2D eigenvalue weighted by Crippen LogP contribution is -2.52. The van der Waals surface area contributed by atoms with E-state index in [0.29, 0.717) is 27.1 Å². The van der Waals surface area contributed by atoms with E-state index in [1.165, 1.54) is 47.7 Å². The molecule has 1 aromatic carbocycles. The van der Waals surface area contributed by atoms with E-state index in [2.05, 4.69) is 10.2 Å². The first-order chi connectivity index (χ1) is 18.0. The largest absolute Gasteiger partial charge is 0.480 e. The number of carboxylic acid groups (broad SMARTS) is 1. The number of fused-ring (bicyclic) bond motifs is 1. The maximum absolute atomic E-state index is 14.3. The molecule has 3 aromatic heterocycles. The minimum atomic E-state index is -1.88. The van der Waals surface area contributed by atoms with E-state index in [-0.39, 0.29) is 30.0 Å². The Hall–Kier alpha value is -3.68. The van der Waals surface area contributed by atoms with Crippen molar-refractivity contribution < 1.29 is 24.1 Å². The molecule has 202 valence electrons. The second kappa shape index (κ2) is 10.6. The van der Waals surface area contributed by atoms with Crippen molar-refractivity contribution in [3.63, 3.8) is 0 Å². The molecule has 0 spiro atoms. The molecule has 1 atom stereocenters. The Morgan fingerprint density at radius 1 is 1.24 bits per heavy atom. The predicted octanol–water partition coefficient (Wildman–Crippen LogP) is 2.39. The van der Waals surface area contributed by atoms with Gasteiger partial charge in [-0.15, -0.1) is 4.80 Å². The van der Waals surface area contributed by atoms with Gasteiger partial charge >= 0.3 is 11.7 Å². The summed E-state index contributed by atoms with van der Waals surface area (Å²) in [7, 11) is 0. The van der Waals surface area contributed by atoms with Crippen molar-refractivity contribution in [1.29, 1.82) is 0 Å². The number of aliphatic hydroxyl groups is 1. The van der Waals surface area contributed by atoms with Crippen LogP contribution in [0.3, 0.4) is 0 Å². The third-order valence-electron chi connectivity index (χ3n) is 6.46. The van der Waals surface area contributed by atoms with Crippen LogP contribution in [0.4, 0.5) is 4.39 Å². The van der Waals surface area contributed by atoms with Crippen LogP contribution in [-0.4, -0.2) is 53.5 Å². The Morgan fingerprint density at radius 3 is 2.53 bits per heavy atom. The van der Waals surface area contributed by atoms with Crippen molar-refractivity contribution in [2.45, 2.75) is 52.3 Å². The van der Waals surface area contributed by atoms with Crippen LogP contribution in [0.2, 0.25) is 0 Å². The summed E-state index contributed by atoms with van der Waals surface area (Å²) in [6.45, 7) is 5.54. The first-order valence-electron chi connectivity index (χ1n) is 11.9. The van der Waals surface area contributed by atoms with Gasteiger partial charge in [-0.25, -0.2) is 18.5 Å². The van der Waals surface area contributed by atoms with E-state index in [4.69, 9.17) is 4.74 Å². The zero-order chi connectivity index (χ0) is 27.8. The summed E-state index contributed by atoms with van der Waals surface area (Å²) in [6, 6.07) is 4.28. The molecule has 2 N–H and O–H groups in total. The standard InChI is InChI=1S/C25H28FN5O6S/c1-5-15-6-7-16(26)12-17(15)18(37-11-10-32)13-29-22-19(14(2)21(38-22)31-27-8-9-28-31)20(33)30(24(29)36)25(3,4)23(34)35/h6-9,12,18,32H,5,10-11,13H2,1-4H3,(H,34,35)/t18-/m0/s1. The molecule has 0 aliphatic rings. The number of aryl methyl sites for hydroxylation is 2. The molecule has 0 radical (unpaired) electrons. The van der Waals surface area contributed by atoms with Gasteiger partial charge in [0.05, 0.1) is 37.5 Å². The number of nitrogens with zero attached hydrogens (tertiary/aromatic N) is 5. The fourth-order valence-corrected chi connectivity index (χ4v) is 5.60. The quantitative estimate of drug-likeness (QED) is 0.309. The monoisotopic (exact) mass is 545 g/mol. The van der Waals surface area contributed by atoms with Gasteiger partial charge in [0.25, 0.3) is 5.56 Å². The maximum atomic E-state index is 14.3. The Labute approximate surface area is 220 Å². The summed E-state index contributed by atoms with van der Waals surface area (Å²) in [5.74, 6) is -1.86. The smallest absolute Gasteiger partial charge is 0.333 e. The number of thiophene rings is 1. The Balaban J connectivity index is 2.05. The van der Waals surface area contributed by atoms with Crippen LogP contribution in [0, 0.1) is 12.7 Å². The third kappa shape index (κ3) is 4.68. The lowest BCUT2D eigenvalue weighted by molar-refractivity contribution is -0.146. The number of carboxylic acids is 1. The molecule has 0 aliphatic carbocycles. The second-order valence-corrected chi connectivity index (χ2v) is 10.2. The van der Waals surface area contributed by atoms with E-state index in [1.54, 1.807) is 13.0 Å².